The van der Waals surface area contributed by atoms with Gasteiger partial charge in [-0.05, 0) is 118 Å². The molecule has 182 valence electrons. The predicted octanol–water partition coefficient (Wildman–Crippen LogP) is 8.37. The van der Waals surface area contributed by atoms with E-state index in [1.54, 1.807) is 12.4 Å². The molecule has 0 unspecified atom stereocenters. The Balaban J connectivity index is 0.000000210. The second-order valence-electron chi connectivity index (χ2n) is 9.55. The van der Waals surface area contributed by atoms with Crippen molar-refractivity contribution in [3.8, 4) is 0 Å². The molecule has 0 amide bonds. The quantitative estimate of drug-likeness (QED) is 0.229. The highest BCUT2D eigenvalue weighted by Crippen LogP contribution is 2.36. The van der Waals surface area contributed by atoms with Gasteiger partial charge in [-0.25, -0.2) is 18.7 Å². The summed E-state index contributed by atoms with van der Waals surface area (Å²) >= 11 is 0. The van der Waals surface area contributed by atoms with E-state index in [0.29, 0.717) is 12.0 Å². The van der Waals surface area contributed by atoms with E-state index in [4.69, 9.17) is 0 Å². The van der Waals surface area contributed by atoms with E-state index in [-0.39, 0.29) is 5.82 Å². The lowest BCUT2D eigenvalue weighted by molar-refractivity contribution is 0.589. The zero-order chi connectivity index (χ0) is 25.2. The molecule has 0 saturated carbocycles. The second-order valence-corrected chi connectivity index (χ2v) is 9.55. The summed E-state index contributed by atoms with van der Waals surface area (Å²) in [4.78, 5) is 8.14. The van der Waals surface area contributed by atoms with Crippen molar-refractivity contribution in [2.24, 2.45) is 0 Å². The Kier molecular flexibility index (Phi) is 6.32. The monoisotopic (exact) mass is 488 g/mol. The van der Waals surface area contributed by atoms with Gasteiger partial charge in [-0.1, -0.05) is 36.4 Å². The third-order valence-corrected chi connectivity index (χ3v) is 7.22. The molecule has 0 atom stereocenters. The first-order valence-corrected chi connectivity index (χ1v) is 12.7. The van der Waals surface area contributed by atoms with Crippen LogP contribution < -0.4 is 0 Å². The molecule has 37 heavy (non-hydrogen) atoms. The number of rotatable bonds is 2. The molecule has 0 aliphatic heterocycles. The van der Waals surface area contributed by atoms with Crippen molar-refractivity contribution in [3.63, 3.8) is 0 Å². The lowest BCUT2D eigenvalue weighted by Gasteiger charge is -2.20. The van der Waals surface area contributed by atoms with Crippen molar-refractivity contribution in [2.45, 2.75) is 32.1 Å². The molecule has 2 nitrogen and oxygen atoms in total. The van der Waals surface area contributed by atoms with Crippen molar-refractivity contribution in [1.82, 2.24) is 9.97 Å². The van der Waals surface area contributed by atoms with Crippen LogP contribution in [0.2, 0.25) is 0 Å². The van der Waals surface area contributed by atoms with E-state index in [1.807, 2.05) is 36.4 Å². The van der Waals surface area contributed by atoms with Crippen molar-refractivity contribution in [3.05, 3.63) is 131 Å². The second kappa shape index (κ2) is 10.1. The topological polar surface area (TPSA) is 25.8 Å². The summed E-state index contributed by atoms with van der Waals surface area (Å²) in [7, 11) is 0. The van der Waals surface area contributed by atoms with E-state index in [1.165, 1.54) is 58.3 Å². The number of nitrogens with zero attached hydrogens (tertiary/aromatic N) is 2. The lowest BCUT2D eigenvalue weighted by atomic mass is 9.84. The Bertz CT molecular complexity index is 1680. The SMILES string of the molecule is Fc1ccc(F)c(Cc2cc3c4c(ccc3c3ccccc23)CCCC4)c1.c1cnc2ncccc2c1. The van der Waals surface area contributed by atoms with Gasteiger partial charge in [0.05, 0.1) is 0 Å². The molecule has 6 aromatic rings. The summed E-state index contributed by atoms with van der Waals surface area (Å²) in [5.41, 5.74) is 5.15. The maximum Gasteiger partial charge on any atom is 0.159 e. The number of hydrogen-bond acceptors (Lipinski definition) is 2. The first kappa shape index (κ1) is 23.2. The van der Waals surface area contributed by atoms with Crippen LogP contribution in [0, 0.1) is 11.6 Å². The molecule has 4 heteroatoms. The summed E-state index contributed by atoms with van der Waals surface area (Å²) in [6, 6.07) is 26.5. The number of aryl methyl sites for hydroxylation is 2. The third-order valence-electron chi connectivity index (χ3n) is 7.22. The van der Waals surface area contributed by atoms with Crippen LogP contribution in [0.5, 0.6) is 0 Å². The third kappa shape index (κ3) is 4.67. The van der Waals surface area contributed by atoms with Crippen LogP contribution in [0.4, 0.5) is 8.78 Å². The van der Waals surface area contributed by atoms with Crippen LogP contribution >= 0.6 is 0 Å². The summed E-state index contributed by atoms with van der Waals surface area (Å²) in [5, 5.41) is 5.93. The van der Waals surface area contributed by atoms with Crippen molar-refractivity contribution in [1.29, 1.82) is 0 Å². The Labute approximate surface area is 214 Å². The molecule has 0 bridgehead atoms. The van der Waals surface area contributed by atoms with Gasteiger partial charge in [-0.2, -0.15) is 0 Å². The molecule has 1 aliphatic carbocycles. The molecular formula is C33H26F2N2. The van der Waals surface area contributed by atoms with E-state index in [2.05, 4.69) is 40.3 Å². The minimum Gasteiger partial charge on any atom is -0.237 e. The van der Waals surface area contributed by atoms with Crippen LogP contribution in [0.3, 0.4) is 0 Å². The molecule has 0 saturated heterocycles. The van der Waals surface area contributed by atoms with E-state index in [9.17, 15) is 8.78 Å². The van der Waals surface area contributed by atoms with Gasteiger partial charge in [0.15, 0.2) is 5.65 Å². The maximum atomic E-state index is 14.3. The molecule has 7 rings (SSSR count). The first-order valence-electron chi connectivity index (χ1n) is 12.7. The lowest BCUT2D eigenvalue weighted by Crippen LogP contribution is -2.04. The maximum absolute atomic E-state index is 14.3. The van der Waals surface area contributed by atoms with Crippen molar-refractivity contribution in [2.75, 3.05) is 0 Å². The van der Waals surface area contributed by atoms with E-state index >= 15 is 0 Å². The summed E-state index contributed by atoms with van der Waals surface area (Å²) in [5.74, 6) is -0.746. The number of aromatic nitrogens is 2. The molecule has 1 aliphatic rings. The summed E-state index contributed by atoms with van der Waals surface area (Å²) in [6.45, 7) is 0. The first-order chi connectivity index (χ1) is 18.2. The fourth-order valence-electron chi connectivity index (χ4n) is 5.44. The fourth-order valence-corrected chi connectivity index (χ4v) is 5.44. The van der Waals surface area contributed by atoms with Gasteiger partial charge in [0.2, 0.25) is 0 Å². The smallest absolute Gasteiger partial charge is 0.159 e. The molecule has 0 N–H and O–H groups in total. The van der Waals surface area contributed by atoms with Crippen LogP contribution in [0.15, 0.2) is 97.3 Å². The van der Waals surface area contributed by atoms with Gasteiger partial charge >= 0.3 is 0 Å². The fraction of sp³-hybridized carbons (Fsp3) is 0.152. The number of hydrogen-bond donors (Lipinski definition) is 0. The predicted molar refractivity (Wildman–Crippen MR) is 147 cm³/mol. The van der Waals surface area contributed by atoms with Crippen LogP contribution in [-0.4, -0.2) is 9.97 Å². The standard InChI is InChI=1S/C25H20F2.C8H6N2/c26-19-10-12-25(27)18(14-19)13-17-15-24-20-6-2-1-5-16(20)9-11-23(24)22-8-4-3-7-21(17)22;1-3-7-4-2-6-10-8(7)9-5-1/h3-4,7-12,14-15H,1-2,5-6,13H2;1-6H. The Morgan fingerprint density at radius 1 is 0.622 bits per heavy atom. The van der Waals surface area contributed by atoms with Gasteiger partial charge in [-0.15, -0.1) is 0 Å². The van der Waals surface area contributed by atoms with Crippen LogP contribution in [0.25, 0.3) is 32.6 Å². The number of fused-ring (bicyclic) bond motifs is 6. The molecule has 0 spiro atoms. The number of halogens is 2. The Morgan fingerprint density at radius 3 is 2.14 bits per heavy atom. The van der Waals surface area contributed by atoms with Crippen molar-refractivity contribution < 1.29 is 8.78 Å². The van der Waals surface area contributed by atoms with Crippen LogP contribution in [0.1, 0.15) is 35.1 Å². The average molecular weight is 489 g/mol. The largest absolute Gasteiger partial charge is 0.237 e. The van der Waals surface area contributed by atoms with E-state index < -0.39 is 5.82 Å². The molecule has 2 heterocycles. The van der Waals surface area contributed by atoms with Crippen molar-refractivity contribution >= 4 is 32.6 Å². The highest BCUT2D eigenvalue weighted by molar-refractivity contribution is 6.10. The van der Waals surface area contributed by atoms with Gasteiger partial charge in [0.25, 0.3) is 0 Å². The molecule has 0 radical (unpaired) electrons. The van der Waals surface area contributed by atoms with Gasteiger partial charge in [0.1, 0.15) is 11.6 Å². The van der Waals surface area contributed by atoms with Crippen LogP contribution in [-0.2, 0) is 19.3 Å². The van der Waals surface area contributed by atoms with Gasteiger partial charge in [-0.3, -0.25) is 0 Å². The molecule has 0 fully saturated rings. The summed E-state index contributed by atoms with van der Waals surface area (Å²) in [6.07, 6.45) is 8.57. The number of benzene rings is 4. The zero-order valence-corrected chi connectivity index (χ0v) is 20.4. The van der Waals surface area contributed by atoms with Gasteiger partial charge in [0, 0.05) is 24.2 Å². The Morgan fingerprint density at radius 2 is 1.35 bits per heavy atom. The average Bonchev–Trinajstić information content (AvgIpc) is 2.95. The van der Waals surface area contributed by atoms with Gasteiger partial charge < -0.3 is 0 Å². The highest BCUT2D eigenvalue weighted by Gasteiger charge is 2.16. The molecule has 2 aromatic heterocycles. The zero-order valence-electron chi connectivity index (χ0n) is 20.4. The molecular weight excluding hydrogens is 462 g/mol. The summed E-state index contributed by atoms with van der Waals surface area (Å²) < 4.78 is 28.0. The minimum absolute atomic E-state index is 0.351. The Hall–Kier alpha value is -4.18. The normalized spacial score (nSPS) is 12.8. The van der Waals surface area contributed by atoms with E-state index in [0.717, 1.165) is 34.8 Å². The highest BCUT2D eigenvalue weighted by atomic mass is 19.1. The molecule has 4 aromatic carbocycles. The number of pyridine rings is 2. The minimum atomic E-state index is -0.395.